The largest absolute Gasteiger partial charge is 0.507 e. The molecule has 4 rings (SSSR count). The van der Waals surface area contributed by atoms with Gasteiger partial charge in [0.05, 0.1) is 12.8 Å². The molecule has 3 aromatic rings. The predicted molar refractivity (Wildman–Crippen MR) is 102 cm³/mol. The highest BCUT2D eigenvalue weighted by Crippen LogP contribution is 2.35. The summed E-state index contributed by atoms with van der Waals surface area (Å²) in [6.07, 6.45) is -2.14. The number of benzene rings is 1. The van der Waals surface area contributed by atoms with Crippen molar-refractivity contribution in [2.45, 2.75) is 24.5 Å². The number of nitrogens with two attached hydrogens (primary N) is 1. The van der Waals surface area contributed by atoms with Gasteiger partial charge in [-0.25, -0.2) is 20.4 Å². The Bertz CT molecular complexity index is 1060. The summed E-state index contributed by atoms with van der Waals surface area (Å²) in [5.41, 5.74) is 9.53. The van der Waals surface area contributed by atoms with Crippen LogP contribution in [0.4, 0.5) is 11.8 Å². The second-order valence-corrected chi connectivity index (χ2v) is 6.39. The Hall–Kier alpha value is -3.32. The molecule has 1 aliphatic rings. The summed E-state index contributed by atoms with van der Waals surface area (Å²) in [5, 5.41) is 43.8. The van der Waals surface area contributed by atoms with Crippen molar-refractivity contribution in [2.75, 3.05) is 17.8 Å². The number of phenols is 1. The van der Waals surface area contributed by atoms with E-state index in [1.54, 1.807) is 18.2 Å². The van der Waals surface area contributed by atoms with Crippen LogP contribution in [-0.4, -0.2) is 71.1 Å². The Morgan fingerprint density at radius 3 is 2.76 bits per heavy atom. The van der Waals surface area contributed by atoms with Crippen molar-refractivity contribution in [1.82, 2.24) is 19.5 Å². The van der Waals surface area contributed by atoms with Crippen molar-refractivity contribution in [3.8, 4) is 5.75 Å². The quantitative estimate of drug-likeness (QED) is 0.233. The topological polar surface area (TPSA) is 184 Å². The van der Waals surface area contributed by atoms with Gasteiger partial charge >= 0.3 is 0 Å². The second kappa shape index (κ2) is 7.60. The number of nitrogens with one attached hydrogen (secondary N) is 1. The van der Waals surface area contributed by atoms with Crippen LogP contribution < -0.4 is 11.2 Å². The molecule has 0 bridgehead atoms. The number of anilines is 2. The predicted octanol–water partition coefficient (Wildman–Crippen LogP) is -0.828. The van der Waals surface area contributed by atoms with Gasteiger partial charge in [0.25, 0.3) is 0 Å². The third-order valence-corrected chi connectivity index (χ3v) is 4.58. The fourth-order valence-electron chi connectivity index (χ4n) is 3.10. The summed E-state index contributed by atoms with van der Waals surface area (Å²) in [6.45, 7) is -0.479. The summed E-state index contributed by atoms with van der Waals surface area (Å²) in [6, 6.07) is 6.61. The Balaban J connectivity index is 1.73. The van der Waals surface area contributed by atoms with Crippen LogP contribution in [0.15, 0.2) is 35.7 Å². The van der Waals surface area contributed by atoms with Gasteiger partial charge in [0.1, 0.15) is 30.4 Å². The molecule has 4 atom stereocenters. The number of aromatic nitrogens is 4. The first-order valence-corrected chi connectivity index (χ1v) is 8.69. The molecule has 7 N–H and O–H groups in total. The molecule has 1 aliphatic heterocycles. The van der Waals surface area contributed by atoms with E-state index in [-0.39, 0.29) is 28.7 Å². The first kappa shape index (κ1) is 19.0. The van der Waals surface area contributed by atoms with Gasteiger partial charge in [0, 0.05) is 5.56 Å². The number of imidazole rings is 1. The van der Waals surface area contributed by atoms with E-state index in [0.717, 1.165) is 0 Å². The van der Waals surface area contributed by atoms with Gasteiger partial charge in [-0.3, -0.25) is 4.57 Å². The first-order chi connectivity index (χ1) is 14.0. The van der Waals surface area contributed by atoms with Crippen molar-refractivity contribution in [1.29, 1.82) is 0 Å². The normalized spacial score (nSPS) is 24.5. The first-order valence-electron chi connectivity index (χ1n) is 8.69. The molecule has 12 nitrogen and oxygen atoms in total. The van der Waals surface area contributed by atoms with Gasteiger partial charge in [-0.15, -0.1) is 0 Å². The smallest absolute Gasteiger partial charge is 0.228 e. The molecule has 3 heterocycles. The van der Waals surface area contributed by atoms with Gasteiger partial charge in [-0.1, -0.05) is 12.1 Å². The van der Waals surface area contributed by atoms with Gasteiger partial charge in [0.15, 0.2) is 23.2 Å². The molecule has 1 aromatic carbocycles. The van der Waals surface area contributed by atoms with E-state index in [0.29, 0.717) is 5.56 Å². The number of hydrogen-bond donors (Lipinski definition) is 6. The van der Waals surface area contributed by atoms with Crippen molar-refractivity contribution in [3.05, 3.63) is 36.2 Å². The highest BCUT2D eigenvalue weighted by Gasteiger charge is 2.45. The number of hydrazone groups is 1. The monoisotopic (exact) mass is 401 g/mol. The lowest BCUT2D eigenvalue weighted by Crippen LogP contribution is -2.33. The Kier molecular flexibility index (Phi) is 4.98. The minimum Gasteiger partial charge on any atom is -0.507 e. The summed E-state index contributed by atoms with van der Waals surface area (Å²) < 4.78 is 6.97. The lowest BCUT2D eigenvalue weighted by Gasteiger charge is -2.18. The molecule has 1 fully saturated rings. The molecule has 0 radical (unpaired) electrons. The molecule has 1 saturated heterocycles. The fraction of sp³-hybridized carbons (Fsp3) is 0.294. The lowest BCUT2D eigenvalue weighted by atomic mass is 10.1. The number of aliphatic hydroxyl groups excluding tert-OH is 3. The summed E-state index contributed by atoms with van der Waals surface area (Å²) >= 11 is 0. The Morgan fingerprint density at radius 1 is 1.24 bits per heavy atom. The van der Waals surface area contributed by atoms with E-state index >= 15 is 0 Å². The van der Waals surface area contributed by atoms with Crippen molar-refractivity contribution in [2.24, 2.45) is 5.10 Å². The summed E-state index contributed by atoms with van der Waals surface area (Å²) in [7, 11) is 0. The van der Waals surface area contributed by atoms with Crippen molar-refractivity contribution < 1.29 is 25.2 Å². The lowest BCUT2D eigenvalue weighted by molar-refractivity contribution is -0.0501. The van der Waals surface area contributed by atoms with E-state index in [1.165, 1.54) is 23.2 Å². The van der Waals surface area contributed by atoms with Gasteiger partial charge in [0.2, 0.25) is 5.95 Å². The summed E-state index contributed by atoms with van der Waals surface area (Å²) in [4.78, 5) is 12.3. The Morgan fingerprint density at radius 2 is 2.03 bits per heavy atom. The Labute approximate surface area is 163 Å². The number of para-hydroxylation sites is 1. The molecular weight excluding hydrogens is 382 g/mol. The molecule has 2 aromatic heterocycles. The zero-order chi connectivity index (χ0) is 20.5. The van der Waals surface area contributed by atoms with E-state index in [1.807, 2.05) is 0 Å². The summed E-state index contributed by atoms with van der Waals surface area (Å²) in [5.74, 6) is 0.257. The SMILES string of the molecule is Nc1ncnc2c1nc(N/N=C\c1ccccc1O)n2[C@@H]1O[C@@H](CO)[C@@H](O)[C@H]1O. The highest BCUT2D eigenvalue weighted by molar-refractivity contribution is 5.85. The van der Waals surface area contributed by atoms with Crippen LogP contribution in [0.3, 0.4) is 0 Å². The van der Waals surface area contributed by atoms with Crippen LogP contribution in [-0.2, 0) is 4.74 Å². The van der Waals surface area contributed by atoms with Crippen molar-refractivity contribution in [3.63, 3.8) is 0 Å². The van der Waals surface area contributed by atoms with Crippen LogP contribution in [0.2, 0.25) is 0 Å². The number of nitrogens with zero attached hydrogens (tertiary/aromatic N) is 5. The van der Waals surface area contributed by atoms with E-state index < -0.39 is 31.1 Å². The number of aromatic hydroxyl groups is 1. The van der Waals surface area contributed by atoms with Crippen molar-refractivity contribution >= 4 is 29.1 Å². The number of phenolic OH excluding ortho intramolecular Hbond substituents is 1. The van der Waals surface area contributed by atoms with Gasteiger partial charge in [-0.05, 0) is 12.1 Å². The average Bonchev–Trinajstić information content (AvgIpc) is 3.22. The molecule has 0 spiro atoms. The third-order valence-electron chi connectivity index (χ3n) is 4.58. The minimum absolute atomic E-state index is 0.0464. The minimum atomic E-state index is -1.36. The third kappa shape index (κ3) is 3.34. The van der Waals surface area contributed by atoms with Gasteiger partial charge in [-0.2, -0.15) is 5.10 Å². The van der Waals surface area contributed by atoms with Crippen LogP contribution in [0.5, 0.6) is 5.75 Å². The maximum atomic E-state index is 10.4. The number of hydrogen-bond acceptors (Lipinski definition) is 11. The molecule has 0 amide bonds. The highest BCUT2D eigenvalue weighted by atomic mass is 16.6. The number of fused-ring (bicyclic) bond motifs is 1. The van der Waals surface area contributed by atoms with E-state index in [9.17, 15) is 20.4 Å². The van der Waals surface area contributed by atoms with Crippen LogP contribution in [0, 0.1) is 0 Å². The average molecular weight is 401 g/mol. The second-order valence-electron chi connectivity index (χ2n) is 6.39. The number of nitrogen functional groups attached to an aromatic ring is 1. The van der Waals surface area contributed by atoms with Crippen LogP contribution in [0.1, 0.15) is 11.8 Å². The number of aliphatic hydroxyl groups is 3. The maximum absolute atomic E-state index is 10.4. The molecule has 0 saturated carbocycles. The maximum Gasteiger partial charge on any atom is 0.228 e. The molecular formula is C17H19N7O5. The zero-order valence-electron chi connectivity index (χ0n) is 15.0. The van der Waals surface area contributed by atoms with Gasteiger partial charge < -0.3 is 30.9 Å². The van der Waals surface area contributed by atoms with Crippen LogP contribution >= 0.6 is 0 Å². The van der Waals surface area contributed by atoms with Crippen LogP contribution in [0.25, 0.3) is 11.2 Å². The molecule has 152 valence electrons. The molecule has 0 aliphatic carbocycles. The number of ether oxygens (including phenoxy) is 1. The fourth-order valence-corrected chi connectivity index (χ4v) is 3.10. The molecule has 12 heteroatoms. The zero-order valence-corrected chi connectivity index (χ0v) is 15.0. The molecule has 29 heavy (non-hydrogen) atoms. The van der Waals surface area contributed by atoms with E-state index in [4.69, 9.17) is 10.5 Å². The number of rotatable bonds is 5. The molecule has 0 unspecified atom stereocenters. The van der Waals surface area contributed by atoms with E-state index in [2.05, 4.69) is 25.5 Å². The standard InChI is InChI=1S/C17H19N7O5/c18-14-11-15(20-7-19-14)24(16-13(28)12(27)10(6-25)29-16)17(22-11)23-21-5-8-3-1-2-4-9(8)26/h1-5,7,10,12-13,16,25-28H,6H2,(H,22,23)(H2,18,19,20)/b21-5-/t10-,12+,13+,16+/m0/s1.